The second kappa shape index (κ2) is 15.0. The molecule has 2 aliphatic rings. The number of benzene rings is 10. The van der Waals surface area contributed by atoms with Crippen molar-refractivity contribution in [1.82, 2.24) is 14.0 Å². The van der Waals surface area contributed by atoms with Crippen LogP contribution in [0.5, 0.6) is 11.5 Å². The molecule has 0 radical (unpaired) electrons. The molecule has 326 valence electrons. The fourth-order valence-electron chi connectivity index (χ4n) is 11.8. The van der Waals surface area contributed by atoms with Crippen molar-refractivity contribution < 1.29 is 8.85 Å². The van der Waals surface area contributed by atoms with E-state index in [0.29, 0.717) is 22.6 Å². The summed E-state index contributed by atoms with van der Waals surface area (Å²) in [5.41, 5.74) is 13.6. The van der Waals surface area contributed by atoms with E-state index in [1.807, 2.05) is 49.4 Å². The van der Waals surface area contributed by atoms with Gasteiger partial charge >= 0.3 is 0 Å². The maximum absolute atomic E-state index is 9.57. The van der Waals surface area contributed by atoms with Gasteiger partial charge in [0.1, 0.15) is 11.5 Å². The molecule has 1 unspecified atom stereocenters. The lowest BCUT2D eigenvalue weighted by Gasteiger charge is -2.41. The maximum Gasteiger partial charge on any atom is 0.220 e. The van der Waals surface area contributed by atoms with Gasteiger partial charge < -0.3 is 4.74 Å². The highest BCUT2D eigenvalue weighted by Gasteiger charge is 2.48. The summed E-state index contributed by atoms with van der Waals surface area (Å²) in [5.74, 6) is 1.85. The Bertz CT molecular complexity index is 4110. The summed E-state index contributed by atoms with van der Waals surface area (Å²) >= 11 is 0. The molecule has 1 aliphatic heterocycles. The largest absolute Gasteiger partial charge is 0.457 e. The molecule has 3 heterocycles. The minimum Gasteiger partial charge on any atom is -0.457 e. The van der Waals surface area contributed by atoms with Crippen LogP contribution in [0.4, 0.5) is 0 Å². The predicted molar refractivity (Wildman–Crippen MR) is 287 cm³/mol. The van der Waals surface area contributed by atoms with E-state index < -0.39 is 20.3 Å². The van der Waals surface area contributed by atoms with Gasteiger partial charge in [-0.1, -0.05) is 208 Å². The third-order valence-corrected chi connectivity index (χ3v) is 19.6. The Labute approximate surface area is 406 Å². The van der Waals surface area contributed by atoms with Crippen molar-refractivity contribution in [2.75, 3.05) is 0 Å². The first-order valence-corrected chi connectivity index (χ1v) is 25.6. The number of rotatable bonds is 5. The van der Waals surface area contributed by atoms with E-state index in [9.17, 15) is 4.11 Å². The average molecular weight is 903 g/mol. The quantitative estimate of drug-likeness (QED) is 0.127. The summed E-state index contributed by atoms with van der Waals surface area (Å²) < 4.78 is 40.6. The second-order valence-electron chi connectivity index (χ2n) is 18.5. The highest BCUT2D eigenvalue weighted by atomic mass is 28.3. The second-order valence-corrected chi connectivity index (χ2v) is 22.3. The summed E-state index contributed by atoms with van der Waals surface area (Å²) in [7, 11) is -3.65. The van der Waals surface area contributed by atoms with Gasteiger partial charge in [-0.05, 0) is 108 Å². The number of nitrogens with zero attached hydrogens (tertiary/aromatic N) is 3. The molecule has 0 bridgehead atoms. The van der Waals surface area contributed by atoms with Crippen molar-refractivity contribution in [2.24, 2.45) is 0 Å². The fraction of sp³-hybridized carbons (Fsp3) is 0.0469. The van der Waals surface area contributed by atoms with Crippen LogP contribution in [0.25, 0.3) is 78.0 Å². The van der Waals surface area contributed by atoms with E-state index in [4.69, 9.17) is 9.72 Å². The van der Waals surface area contributed by atoms with Gasteiger partial charge in [-0.25, -0.2) is 4.98 Å². The SMILES string of the molecule is [2H]C([2H])([2H])C1(C)c2ccccc2Oc2c1cc(-n1c3ccccc3n3c4ccccc4nc13)cc2[Si](c1ccccc1)(c1ccccc1)c1ccc2c(c1)-c1ccccc1-c1ccccc1-c1ccccc1-2. The first-order chi connectivity index (χ1) is 35.2. The van der Waals surface area contributed by atoms with E-state index in [1.165, 1.54) is 16.7 Å². The first-order valence-electron chi connectivity index (χ1n) is 25.1. The molecule has 5 heteroatoms. The molecule has 0 saturated carbocycles. The van der Waals surface area contributed by atoms with Crippen LogP contribution in [0.3, 0.4) is 0 Å². The van der Waals surface area contributed by atoms with Crippen LogP contribution in [-0.4, -0.2) is 22.0 Å². The van der Waals surface area contributed by atoms with Crippen LogP contribution < -0.4 is 25.5 Å². The van der Waals surface area contributed by atoms with Gasteiger partial charge in [0.05, 0.1) is 22.1 Å². The van der Waals surface area contributed by atoms with E-state index in [1.54, 1.807) is 0 Å². The van der Waals surface area contributed by atoms with Crippen molar-refractivity contribution in [3.63, 3.8) is 0 Å². The topological polar surface area (TPSA) is 31.5 Å². The number of ether oxygens (including phenoxy) is 1. The average Bonchev–Trinajstić information content (AvgIpc) is 3.96. The summed E-state index contributed by atoms with van der Waals surface area (Å²) in [6.45, 7) is -0.611. The molecular formula is C64H45N3OSi. The summed E-state index contributed by atoms with van der Waals surface area (Å²) in [6, 6.07) is 83.9. The van der Waals surface area contributed by atoms with Crippen molar-refractivity contribution >= 4 is 56.7 Å². The van der Waals surface area contributed by atoms with Crippen LogP contribution in [0.15, 0.2) is 237 Å². The summed E-state index contributed by atoms with van der Waals surface area (Å²) in [5, 5.41) is 4.33. The number of fused-ring (bicyclic) bond motifs is 15. The van der Waals surface area contributed by atoms with Gasteiger partial charge in [0.25, 0.3) is 0 Å². The van der Waals surface area contributed by atoms with Gasteiger partial charge in [-0.2, -0.15) is 0 Å². The van der Waals surface area contributed by atoms with Gasteiger partial charge in [0, 0.05) is 26.3 Å². The molecule has 4 nitrogen and oxygen atoms in total. The van der Waals surface area contributed by atoms with Gasteiger partial charge in [-0.3, -0.25) is 8.97 Å². The molecule has 2 aromatic heterocycles. The number of aromatic nitrogens is 3. The zero-order valence-corrected chi connectivity index (χ0v) is 38.8. The minimum atomic E-state index is -3.65. The van der Waals surface area contributed by atoms with Crippen molar-refractivity contribution in [1.29, 1.82) is 0 Å². The lowest BCUT2D eigenvalue weighted by Crippen LogP contribution is -2.75. The van der Waals surface area contributed by atoms with E-state index in [0.717, 1.165) is 82.1 Å². The summed E-state index contributed by atoms with van der Waals surface area (Å²) in [6.07, 6.45) is 0. The highest BCUT2D eigenvalue weighted by Crippen LogP contribution is 2.50. The molecule has 0 fully saturated rings. The normalized spacial score (nSPS) is 15.5. The highest BCUT2D eigenvalue weighted by molar-refractivity contribution is 7.20. The van der Waals surface area contributed by atoms with Crippen LogP contribution in [0.2, 0.25) is 0 Å². The van der Waals surface area contributed by atoms with Crippen LogP contribution >= 0.6 is 0 Å². The van der Waals surface area contributed by atoms with Crippen LogP contribution in [-0.2, 0) is 5.41 Å². The van der Waals surface area contributed by atoms with Gasteiger partial charge in [0.15, 0.2) is 8.07 Å². The smallest absolute Gasteiger partial charge is 0.220 e. The monoisotopic (exact) mass is 902 g/mol. The number of hydrogen-bond acceptors (Lipinski definition) is 2. The van der Waals surface area contributed by atoms with E-state index in [2.05, 4.69) is 203 Å². The lowest BCUT2D eigenvalue weighted by molar-refractivity contribution is 0.421. The predicted octanol–water partition coefficient (Wildman–Crippen LogP) is 13.2. The van der Waals surface area contributed by atoms with Crippen molar-refractivity contribution in [3.8, 4) is 61.7 Å². The molecule has 1 aliphatic carbocycles. The number of para-hydroxylation sites is 5. The molecule has 12 aromatic rings. The Morgan fingerprint density at radius 1 is 0.449 bits per heavy atom. The van der Waals surface area contributed by atoms with Crippen LogP contribution in [0.1, 0.15) is 29.0 Å². The Balaban J connectivity index is 1.17. The first kappa shape index (κ1) is 36.6. The standard InChI is InChI=1S/C64H45N3OSi/c1-64(2)54-31-15-20-36-60(54)68-62-55(64)39-42(66-58-34-18-19-35-59(58)67-57-33-17-16-32-56(57)65-63(66)67)40-61(62)69(43-21-5-3-6-22-43,44-23-7-4-8-24-44)45-37-38-52-50-29-12-11-27-48(50)46-25-9-10-26-47(46)49-28-13-14-30-51(49)53(52)41-45/h3-41H,1-2H3/i1D3. The molecule has 1 atom stereocenters. The minimum absolute atomic E-state index is 0.539. The molecular weight excluding hydrogens is 855 g/mol. The molecule has 0 N–H and O–H groups in total. The third-order valence-electron chi connectivity index (χ3n) is 14.8. The number of hydrogen-bond donors (Lipinski definition) is 0. The molecule has 0 saturated heterocycles. The zero-order chi connectivity index (χ0) is 48.3. The maximum atomic E-state index is 9.57. The summed E-state index contributed by atoms with van der Waals surface area (Å²) in [4.78, 5) is 5.34. The molecule has 69 heavy (non-hydrogen) atoms. The Morgan fingerprint density at radius 2 is 0.957 bits per heavy atom. The van der Waals surface area contributed by atoms with Gasteiger partial charge in [-0.15, -0.1) is 0 Å². The molecule has 0 amide bonds. The van der Waals surface area contributed by atoms with Crippen LogP contribution in [0, 0.1) is 0 Å². The van der Waals surface area contributed by atoms with Crippen molar-refractivity contribution in [2.45, 2.75) is 19.2 Å². The Kier molecular flexibility index (Phi) is 7.95. The van der Waals surface area contributed by atoms with E-state index >= 15 is 0 Å². The fourth-order valence-corrected chi connectivity index (χ4v) is 16.7. The third kappa shape index (κ3) is 5.65. The molecule has 0 spiro atoms. The molecule has 14 rings (SSSR count). The van der Waals surface area contributed by atoms with E-state index in [-0.39, 0.29) is 0 Å². The Morgan fingerprint density at radius 3 is 1.58 bits per heavy atom. The Hall–Kier alpha value is -8.51. The lowest BCUT2D eigenvalue weighted by atomic mass is 9.75. The van der Waals surface area contributed by atoms with Crippen molar-refractivity contribution in [3.05, 3.63) is 248 Å². The number of imidazole rings is 2. The van der Waals surface area contributed by atoms with Gasteiger partial charge in [0.2, 0.25) is 5.78 Å². The zero-order valence-electron chi connectivity index (χ0n) is 40.8. The molecule has 10 aromatic carbocycles.